The fourth-order valence-electron chi connectivity index (χ4n) is 3.04. The molecule has 3 aromatic rings. The maximum Gasteiger partial charge on any atom is 0.277 e. The Kier molecular flexibility index (Phi) is 6.86. The van der Waals surface area contributed by atoms with E-state index in [2.05, 4.69) is 36.5 Å². The Morgan fingerprint density at radius 2 is 1.50 bits per heavy atom. The molecule has 0 bridgehead atoms. The van der Waals surface area contributed by atoms with Gasteiger partial charge in [0.25, 0.3) is 5.91 Å². The van der Waals surface area contributed by atoms with Crippen molar-refractivity contribution in [3.05, 3.63) is 95.6 Å². The number of nitrogens with zero attached hydrogens (tertiary/aromatic N) is 1. The molecule has 0 spiro atoms. The number of ether oxygens (including phenoxy) is 2. The van der Waals surface area contributed by atoms with Crippen LogP contribution >= 0.6 is 0 Å². The number of carbonyl (C=O) groups is 1. The molecule has 0 aliphatic rings. The van der Waals surface area contributed by atoms with E-state index in [1.165, 1.54) is 11.1 Å². The maximum atomic E-state index is 11.9. The molecule has 0 atom stereocenters. The minimum atomic E-state index is -0.326. The second kappa shape index (κ2) is 9.74. The quantitative estimate of drug-likeness (QED) is 0.444. The van der Waals surface area contributed by atoms with Gasteiger partial charge in [-0.3, -0.25) is 4.79 Å². The maximum absolute atomic E-state index is 11.9. The van der Waals surface area contributed by atoms with Gasteiger partial charge in [0, 0.05) is 5.41 Å². The fourth-order valence-corrected chi connectivity index (χ4v) is 3.04. The molecule has 0 aromatic heterocycles. The standard InChI is InChI=1S/C25H26N2O3/c1-25(2,20-7-5-4-6-8-20)21-11-15-23(16-12-21)30-18-24(28)27-26-17-19-9-13-22(29-3)14-10-19/h4-17H,18H2,1-3H3,(H,27,28). The van der Waals surface area contributed by atoms with Crippen molar-refractivity contribution in [3.63, 3.8) is 0 Å². The molecule has 3 aromatic carbocycles. The predicted octanol–water partition coefficient (Wildman–Crippen LogP) is 4.55. The van der Waals surface area contributed by atoms with Crippen molar-refractivity contribution in [2.45, 2.75) is 19.3 Å². The van der Waals surface area contributed by atoms with E-state index in [-0.39, 0.29) is 17.9 Å². The zero-order valence-corrected chi connectivity index (χ0v) is 17.5. The normalized spacial score (nSPS) is 11.3. The number of carbonyl (C=O) groups excluding carboxylic acids is 1. The summed E-state index contributed by atoms with van der Waals surface area (Å²) in [5, 5.41) is 3.94. The van der Waals surface area contributed by atoms with E-state index in [4.69, 9.17) is 9.47 Å². The molecule has 0 saturated heterocycles. The zero-order valence-electron chi connectivity index (χ0n) is 17.5. The molecular formula is C25H26N2O3. The number of hydrogen-bond donors (Lipinski definition) is 1. The molecule has 0 fully saturated rings. The highest BCUT2D eigenvalue weighted by Crippen LogP contribution is 2.32. The van der Waals surface area contributed by atoms with E-state index in [1.807, 2.05) is 66.7 Å². The SMILES string of the molecule is COc1ccc(C=NNC(=O)COc2ccc(C(C)(C)c3ccccc3)cc2)cc1. The highest BCUT2D eigenvalue weighted by molar-refractivity contribution is 5.83. The number of amides is 1. The van der Waals surface area contributed by atoms with Crippen LogP contribution in [-0.2, 0) is 10.2 Å². The van der Waals surface area contributed by atoms with Gasteiger partial charge in [-0.1, -0.05) is 56.3 Å². The lowest BCUT2D eigenvalue weighted by atomic mass is 9.78. The minimum absolute atomic E-state index is 0.110. The molecule has 30 heavy (non-hydrogen) atoms. The first-order chi connectivity index (χ1) is 14.5. The molecule has 0 unspecified atom stereocenters. The molecule has 154 valence electrons. The first-order valence-electron chi connectivity index (χ1n) is 9.74. The van der Waals surface area contributed by atoms with Gasteiger partial charge in [-0.25, -0.2) is 5.43 Å². The number of hydrogen-bond acceptors (Lipinski definition) is 4. The molecule has 0 radical (unpaired) electrons. The fraction of sp³-hybridized carbons (Fsp3) is 0.200. The van der Waals surface area contributed by atoms with Gasteiger partial charge in [0.2, 0.25) is 0 Å². The molecule has 0 aliphatic carbocycles. The van der Waals surface area contributed by atoms with Crippen molar-refractivity contribution < 1.29 is 14.3 Å². The molecule has 0 saturated carbocycles. The van der Waals surface area contributed by atoms with Crippen molar-refractivity contribution in [3.8, 4) is 11.5 Å². The summed E-state index contributed by atoms with van der Waals surface area (Å²) in [5.41, 5.74) is 5.62. The van der Waals surface area contributed by atoms with Crippen LogP contribution in [0.5, 0.6) is 11.5 Å². The molecule has 0 heterocycles. The smallest absolute Gasteiger partial charge is 0.277 e. The average Bonchev–Trinajstić information content (AvgIpc) is 2.79. The van der Waals surface area contributed by atoms with Crippen LogP contribution in [0.25, 0.3) is 0 Å². The van der Waals surface area contributed by atoms with Crippen molar-refractivity contribution in [1.29, 1.82) is 0 Å². The molecule has 5 nitrogen and oxygen atoms in total. The van der Waals surface area contributed by atoms with E-state index in [0.717, 1.165) is 11.3 Å². The molecule has 3 rings (SSSR count). The van der Waals surface area contributed by atoms with Crippen LogP contribution in [-0.4, -0.2) is 25.8 Å². The number of rotatable bonds is 8. The van der Waals surface area contributed by atoms with E-state index in [1.54, 1.807) is 13.3 Å². The number of nitrogens with one attached hydrogen (secondary N) is 1. The Morgan fingerprint density at radius 3 is 2.13 bits per heavy atom. The van der Waals surface area contributed by atoms with Gasteiger partial charge in [-0.15, -0.1) is 0 Å². The minimum Gasteiger partial charge on any atom is -0.497 e. The second-order valence-electron chi connectivity index (χ2n) is 7.37. The summed E-state index contributed by atoms with van der Waals surface area (Å²) in [6.45, 7) is 4.26. The molecule has 1 amide bonds. The van der Waals surface area contributed by atoms with Gasteiger partial charge in [0.15, 0.2) is 6.61 Å². The zero-order chi connectivity index (χ0) is 21.4. The van der Waals surface area contributed by atoms with Crippen LogP contribution in [0, 0.1) is 0 Å². The molecule has 0 aliphatic heterocycles. The third-order valence-electron chi connectivity index (χ3n) is 4.96. The number of methoxy groups -OCH3 is 1. The largest absolute Gasteiger partial charge is 0.497 e. The van der Waals surface area contributed by atoms with E-state index >= 15 is 0 Å². The summed E-state index contributed by atoms with van der Waals surface area (Å²) in [4.78, 5) is 11.9. The number of benzene rings is 3. The third-order valence-corrected chi connectivity index (χ3v) is 4.96. The van der Waals surface area contributed by atoms with Gasteiger partial charge in [-0.2, -0.15) is 5.10 Å². The summed E-state index contributed by atoms with van der Waals surface area (Å²) in [6, 6.07) is 25.5. The first kappa shape index (κ1) is 21.1. The van der Waals surface area contributed by atoms with Gasteiger partial charge in [-0.05, 0) is 53.1 Å². The van der Waals surface area contributed by atoms with Gasteiger partial charge in [0.1, 0.15) is 11.5 Å². The highest BCUT2D eigenvalue weighted by Gasteiger charge is 2.22. The van der Waals surface area contributed by atoms with Crippen molar-refractivity contribution in [2.75, 3.05) is 13.7 Å². The molecular weight excluding hydrogens is 376 g/mol. The Hall–Kier alpha value is -3.60. The number of hydrazone groups is 1. The van der Waals surface area contributed by atoms with Crippen LogP contribution in [0.2, 0.25) is 0 Å². The van der Waals surface area contributed by atoms with E-state index < -0.39 is 0 Å². The summed E-state index contributed by atoms with van der Waals surface area (Å²) in [6.07, 6.45) is 1.57. The Balaban J connectivity index is 1.50. The second-order valence-corrected chi connectivity index (χ2v) is 7.37. The van der Waals surface area contributed by atoms with Gasteiger partial charge >= 0.3 is 0 Å². The van der Waals surface area contributed by atoms with Crippen LogP contribution in [0.3, 0.4) is 0 Å². The van der Waals surface area contributed by atoms with Crippen molar-refractivity contribution in [1.82, 2.24) is 5.43 Å². The summed E-state index contributed by atoms with van der Waals surface area (Å²) in [5.74, 6) is 1.08. The summed E-state index contributed by atoms with van der Waals surface area (Å²) >= 11 is 0. The lowest BCUT2D eigenvalue weighted by molar-refractivity contribution is -0.123. The van der Waals surface area contributed by atoms with E-state index in [0.29, 0.717) is 5.75 Å². The van der Waals surface area contributed by atoms with Crippen molar-refractivity contribution >= 4 is 12.1 Å². The third kappa shape index (κ3) is 5.47. The molecule has 5 heteroatoms. The Labute approximate surface area is 177 Å². The lowest BCUT2D eigenvalue weighted by Gasteiger charge is -2.26. The van der Waals surface area contributed by atoms with Gasteiger partial charge < -0.3 is 9.47 Å². The summed E-state index contributed by atoms with van der Waals surface area (Å²) < 4.78 is 10.7. The van der Waals surface area contributed by atoms with Crippen LogP contribution in [0.1, 0.15) is 30.5 Å². The highest BCUT2D eigenvalue weighted by atomic mass is 16.5. The topological polar surface area (TPSA) is 59.9 Å². The van der Waals surface area contributed by atoms with Gasteiger partial charge in [0.05, 0.1) is 13.3 Å². The molecule has 1 N–H and O–H groups in total. The van der Waals surface area contributed by atoms with E-state index in [9.17, 15) is 4.79 Å². The summed E-state index contributed by atoms with van der Waals surface area (Å²) in [7, 11) is 1.61. The predicted molar refractivity (Wildman–Crippen MR) is 119 cm³/mol. The Bertz CT molecular complexity index is 979. The monoisotopic (exact) mass is 402 g/mol. The average molecular weight is 402 g/mol. The van der Waals surface area contributed by atoms with Crippen LogP contribution in [0.15, 0.2) is 84.0 Å². The lowest BCUT2D eigenvalue weighted by Crippen LogP contribution is -2.24. The first-order valence-corrected chi connectivity index (χ1v) is 9.74. The van der Waals surface area contributed by atoms with Crippen LogP contribution < -0.4 is 14.9 Å². The van der Waals surface area contributed by atoms with Crippen LogP contribution in [0.4, 0.5) is 0 Å². The Morgan fingerprint density at radius 1 is 0.900 bits per heavy atom. The van der Waals surface area contributed by atoms with Crippen molar-refractivity contribution in [2.24, 2.45) is 5.10 Å².